The van der Waals surface area contributed by atoms with Crippen LogP contribution in [0.5, 0.6) is 0 Å². The number of rotatable bonds is 3. The molecule has 0 fully saturated rings. The van der Waals surface area contributed by atoms with Gasteiger partial charge in [0.15, 0.2) is 0 Å². The van der Waals surface area contributed by atoms with Gasteiger partial charge in [-0.05, 0) is 37.1 Å². The fraction of sp³-hybridized carbons (Fsp3) is 0.231. The number of aryl methyl sites for hydroxylation is 2. The van der Waals surface area contributed by atoms with Gasteiger partial charge in [-0.25, -0.2) is 4.98 Å². The van der Waals surface area contributed by atoms with Crippen molar-refractivity contribution < 1.29 is 4.79 Å². The lowest BCUT2D eigenvalue weighted by atomic mass is 10.1. The molecular formula is C13H15N3O. The van der Waals surface area contributed by atoms with E-state index in [1.165, 1.54) is 5.56 Å². The highest BCUT2D eigenvalue weighted by Gasteiger charge is 2.06. The maximum Gasteiger partial charge on any atom is 0.251 e. The van der Waals surface area contributed by atoms with Crippen molar-refractivity contribution in [2.45, 2.75) is 20.4 Å². The lowest BCUT2D eigenvalue weighted by Gasteiger charge is -2.05. The Kier molecular flexibility index (Phi) is 3.23. The van der Waals surface area contributed by atoms with E-state index in [9.17, 15) is 4.79 Å². The third-order valence-electron chi connectivity index (χ3n) is 2.74. The molecule has 0 radical (unpaired) electrons. The summed E-state index contributed by atoms with van der Waals surface area (Å²) in [5.74, 6) is 0.673. The number of amides is 1. The van der Waals surface area contributed by atoms with Crippen LogP contribution in [0.2, 0.25) is 0 Å². The van der Waals surface area contributed by atoms with Gasteiger partial charge < -0.3 is 10.3 Å². The largest absolute Gasteiger partial charge is 0.347 e. The summed E-state index contributed by atoms with van der Waals surface area (Å²) in [5, 5.41) is 2.82. The second-order valence-corrected chi connectivity index (χ2v) is 4.02. The third-order valence-corrected chi connectivity index (χ3v) is 2.74. The monoisotopic (exact) mass is 229 g/mol. The summed E-state index contributed by atoms with van der Waals surface area (Å²) >= 11 is 0. The molecule has 2 N–H and O–H groups in total. The van der Waals surface area contributed by atoms with Gasteiger partial charge in [0.05, 0.1) is 6.54 Å². The van der Waals surface area contributed by atoms with Crippen LogP contribution < -0.4 is 5.32 Å². The minimum absolute atomic E-state index is 0.0792. The van der Waals surface area contributed by atoms with Crippen LogP contribution in [0.15, 0.2) is 30.6 Å². The van der Waals surface area contributed by atoms with Crippen LogP contribution in [0.25, 0.3) is 0 Å². The molecule has 1 aromatic carbocycles. The Labute approximate surface area is 100 Å². The third kappa shape index (κ3) is 2.72. The Bertz CT molecular complexity index is 517. The van der Waals surface area contributed by atoms with E-state index in [2.05, 4.69) is 15.3 Å². The van der Waals surface area contributed by atoms with Crippen molar-refractivity contribution in [3.63, 3.8) is 0 Å². The molecule has 0 saturated heterocycles. The van der Waals surface area contributed by atoms with Gasteiger partial charge in [-0.2, -0.15) is 0 Å². The van der Waals surface area contributed by atoms with E-state index in [0.29, 0.717) is 12.1 Å². The Morgan fingerprint density at radius 1 is 1.35 bits per heavy atom. The number of benzene rings is 1. The van der Waals surface area contributed by atoms with Crippen molar-refractivity contribution in [3.05, 3.63) is 53.1 Å². The molecule has 0 unspecified atom stereocenters. The minimum atomic E-state index is -0.0792. The highest BCUT2D eigenvalue weighted by molar-refractivity contribution is 5.94. The topological polar surface area (TPSA) is 57.8 Å². The first-order valence-electron chi connectivity index (χ1n) is 5.50. The second-order valence-electron chi connectivity index (χ2n) is 4.02. The van der Waals surface area contributed by atoms with E-state index in [1.807, 2.05) is 32.0 Å². The second kappa shape index (κ2) is 4.82. The molecule has 0 bridgehead atoms. The lowest BCUT2D eigenvalue weighted by molar-refractivity contribution is 0.0950. The Morgan fingerprint density at radius 2 is 2.18 bits per heavy atom. The number of aromatic amines is 1. The average molecular weight is 229 g/mol. The first-order chi connectivity index (χ1) is 8.16. The van der Waals surface area contributed by atoms with Crippen LogP contribution >= 0.6 is 0 Å². The normalized spacial score (nSPS) is 10.2. The molecule has 1 heterocycles. The number of nitrogens with one attached hydrogen (secondary N) is 2. The van der Waals surface area contributed by atoms with Crippen LogP contribution in [0.3, 0.4) is 0 Å². The number of imidazole rings is 1. The molecule has 2 aromatic rings. The molecule has 4 heteroatoms. The zero-order valence-electron chi connectivity index (χ0n) is 9.95. The van der Waals surface area contributed by atoms with E-state index in [0.717, 1.165) is 11.4 Å². The van der Waals surface area contributed by atoms with Crippen molar-refractivity contribution in [2.75, 3.05) is 0 Å². The zero-order valence-corrected chi connectivity index (χ0v) is 9.95. The van der Waals surface area contributed by atoms with Crippen LogP contribution in [0.4, 0.5) is 0 Å². The number of carbonyl (C=O) groups is 1. The summed E-state index contributed by atoms with van der Waals surface area (Å²) < 4.78 is 0. The number of nitrogens with zero attached hydrogens (tertiary/aromatic N) is 1. The fourth-order valence-corrected chi connectivity index (χ4v) is 1.54. The van der Waals surface area contributed by atoms with E-state index in [4.69, 9.17) is 0 Å². The van der Waals surface area contributed by atoms with Crippen LogP contribution in [-0.2, 0) is 6.54 Å². The Morgan fingerprint density at radius 3 is 2.82 bits per heavy atom. The van der Waals surface area contributed by atoms with Gasteiger partial charge >= 0.3 is 0 Å². The van der Waals surface area contributed by atoms with Gasteiger partial charge in [0.2, 0.25) is 0 Å². The molecule has 88 valence electrons. The molecule has 17 heavy (non-hydrogen) atoms. The fourth-order valence-electron chi connectivity index (χ4n) is 1.54. The van der Waals surface area contributed by atoms with Gasteiger partial charge in [0.25, 0.3) is 5.91 Å². The average Bonchev–Trinajstić information content (AvgIpc) is 2.82. The summed E-state index contributed by atoms with van der Waals surface area (Å²) in [6.07, 6.45) is 3.40. The highest BCUT2D eigenvalue weighted by atomic mass is 16.1. The zero-order chi connectivity index (χ0) is 12.3. The maximum atomic E-state index is 11.9. The highest BCUT2D eigenvalue weighted by Crippen LogP contribution is 2.09. The predicted molar refractivity (Wildman–Crippen MR) is 65.7 cm³/mol. The molecule has 1 amide bonds. The molecule has 2 rings (SSSR count). The summed E-state index contributed by atoms with van der Waals surface area (Å²) in [6.45, 7) is 4.44. The van der Waals surface area contributed by atoms with Crippen molar-refractivity contribution in [3.8, 4) is 0 Å². The number of hydrogen-bond acceptors (Lipinski definition) is 2. The molecule has 0 spiro atoms. The Balaban J connectivity index is 2.02. The van der Waals surface area contributed by atoms with Crippen molar-refractivity contribution in [2.24, 2.45) is 0 Å². The maximum absolute atomic E-state index is 11.9. The standard InChI is InChI=1S/C13H15N3O/c1-9-3-4-11(7-10(9)2)13(17)16-8-12-14-5-6-15-12/h3-7H,8H2,1-2H3,(H,14,15)(H,16,17). The molecule has 1 aromatic heterocycles. The van der Waals surface area contributed by atoms with E-state index in [1.54, 1.807) is 12.4 Å². The summed E-state index contributed by atoms with van der Waals surface area (Å²) in [5.41, 5.74) is 2.99. The first-order valence-corrected chi connectivity index (χ1v) is 5.50. The van der Waals surface area contributed by atoms with Crippen LogP contribution in [-0.4, -0.2) is 15.9 Å². The van der Waals surface area contributed by atoms with E-state index >= 15 is 0 Å². The smallest absolute Gasteiger partial charge is 0.251 e. The van der Waals surface area contributed by atoms with Crippen LogP contribution in [0, 0.1) is 13.8 Å². The SMILES string of the molecule is Cc1ccc(C(=O)NCc2ncc[nH]2)cc1C. The summed E-state index contributed by atoms with van der Waals surface area (Å²) in [4.78, 5) is 18.8. The quantitative estimate of drug-likeness (QED) is 0.845. The number of carbonyl (C=O) groups excluding carboxylic acids is 1. The van der Waals surface area contributed by atoms with Crippen molar-refractivity contribution >= 4 is 5.91 Å². The van der Waals surface area contributed by atoms with Gasteiger partial charge in [-0.3, -0.25) is 4.79 Å². The number of aromatic nitrogens is 2. The molecule has 0 aliphatic heterocycles. The predicted octanol–water partition coefficient (Wildman–Crippen LogP) is 1.96. The van der Waals surface area contributed by atoms with Gasteiger partial charge in [0.1, 0.15) is 5.82 Å². The van der Waals surface area contributed by atoms with Gasteiger partial charge in [-0.15, -0.1) is 0 Å². The minimum Gasteiger partial charge on any atom is -0.347 e. The van der Waals surface area contributed by atoms with Crippen molar-refractivity contribution in [1.29, 1.82) is 0 Å². The van der Waals surface area contributed by atoms with Gasteiger partial charge in [-0.1, -0.05) is 6.07 Å². The molecule has 0 aliphatic carbocycles. The molecule has 4 nitrogen and oxygen atoms in total. The summed E-state index contributed by atoms with van der Waals surface area (Å²) in [6, 6.07) is 5.68. The molecule has 0 atom stereocenters. The van der Waals surface area contributed by atoms with Crippen molar-refractivity contribution in [1.82, 2.24) is 15.3 Å². The first kappa shape index (κ1) is 11.4. The molecular weight excluding hydrogens is 214 g/mol. The van der Waals surface area contributed by atoms with Gasteiger partial charge in [0, 0.05) is 18.0 Å². The Hall–Kier alpha value is -2.10. The number of H-pyrrole nitrogens is 1. The number of hydrogen-bond donors (Lipinski definition) is 2. The van der Waals surface area contributed by atoms with Crippen LogP contribution in [0.1, 0.15) is 27.3 Å². The molecule has 0 aliphatic rings. The van der Waals surface area contributed by atoms with E-state index < -0.39 is 0 Å². The lowest BCUT2D eigenvalue weighted by Crippen LogP contribution is -2.23. The molecule has 0 saturated carbocycles. The summed E-state index contributed by atoms with van der Waals surface area (Å²) in [7, 11) is 0. The van der Waals surface area contributed by atoms with E-state index in [-0.39, 0.29) is 5.91 Å².